The summed E-state index contributed by atoms with van der Waals surface area (Å²) in [5, 5.41) is 0. The fourth-order valence-electron chi connectivity index (χ4n) is 2.93. The van der Waals surface area contributed by atoms with Crippen molar-refractivity contribution >= 4 is 16.0 Å². The molecule has 1 heterocycles. The summed E-state index contributed by atoms with van der Waals surface area (Å²) in [7, 11) is -2.52. The Hall–Kier alpha value is -2.18. The van der Waals surface area contributed by atoms with Gasteiger partial charge in [-0.2, -0.15) is 4.31 Å². The molecule has 1 aliphatic rings. The van der Waals surface area contributed by atoms with E-state index >= 15 is 0 Å². The van der Waals surface area contributed by atoms with Crippen LogP contribution >= 0.6 is 0 Å². The van der Waals surface area contributed by atoms with Crippen molar-refractivity contribution in [1.29, 1.82) is 0 Å². The molecule has 0 spiro atoms. The maximum absolute atomic E-state index is 13.1. The molecule has 2 aromatic carbocycles. The van der Waals surface area contributed by atoms with Crippen LogP contribution in [0.2, 0.25) is 0 Å². The van der Waals surface area contributed by atoms with Crippen molar-refractivity contribution in [3.8, 4) is 0 Å². The molecule has 5 nitrogen and oxygen atoms in total. The highest BCUT2D eigenvalue weighted by atomic mass is 32.2. The monoisotopic (exact) mass is 345 g/mol. The van der Waals surface area contributed by atoms with Crippen molar-refractivity contribution in [2.75, 3.05) is 7.11 Å². The number of esters is 1. The quantitative estimate of drug-likeness (QED) is 0.801. The topological polar surface area (TPSA) is 63.7 Å². The first-order valence-electron chi connectivity index (χ1n) is 7.66. The fraction of sp³-hybridized carbons (Fsp3) is 0.278. The Labute approximate surface area is 141 Å². The van der Waals surface area contributed by atoms with E-state index in [4.69, 9.17) is 4.74 Å². The Bertz CT molecular complexity index is 859. The van der Waals surface area contributed by atoms with Gasteiger partial charge in [0.1, 0.15) is 6.04 Å². The predicted octanol–water partition coefficient (Wildman–Crippen LogP) is 2.28. The molecule has 0 amide bonds. The van der Waals surface area contributed by atoms with Crippen LogP contribution in [-0.4, -0.2) is 31.8 Å². The number of aryl methyl sites for hydroxylation is 1. The third-order valence-electron chi connectivity index (χ3n) is 4.31. The van der Waals surface area contributed by atoms with Crippen LogP contribution in [0.5, 0.6) is 0 Å². The Kier molecular flexibility index (Phi) is 4.43. The number of ether oxygens (including phenoxy) is 1. The Morgan fingerprint density at radius 3 is 2.33 bits per heavy atom. The van der Waals surface area contributed by atoms with Crippen LogP contribution in [0.1, 0.15) is 16.7 Å². The lowest BCUT2D eigenvalue weighted by molar-refractivity contribution is -0.145. The van der Waals surface area contributed by atoms with Crippen LogP contribution in [0.3, 0.4) is 0 Å². The molecule has 1 atom stereocenters. The molecule has 3 rings (SSSR count). The highest BCUT2D eigenvalue weighted by Crippen LogP contribution is 2.29. The number of carbonyl (C=O) groups is 1. The van der Waals surface area contributed by atoms with Gasteiger partial charge in [0.05, 0.1) is 12.0 Å². The van der Waals surface area contributed by atoms with Crippen molar-refractivity contribution in [3.63, 3.8) is 0 Å². The van der Waals surface area contributed by atoms with E-state index in [-0.39, 0.29) is 11.4 Å². The molecule has 0 unspecified atom stereocenters. The van der Waals surface area contributed by atoms with E-state index in [0.29, 0.717) is 6.42 Å². The lowest BCUT2D eigenvalue weighted by Crippen LogP contribution is -2.48. The number of hydrogen-bond acceptors (Lipinski definition) is 4. The number of benzene rings is 2. The summed E-state index contributed by atoms with van der Waals surface area (Å²) < 4.78 is 32.2. The van der Waals surface area contributed by atoms with Crippen molar-refractivity contribution in [2.45, 2.75) is 30.8 Å². The molecule has 6 heteroatoms. The van der Waals surface area contributed by atoms with Gasteiger partial charge in [0.25, 0.3) is 0 Å². The molecular weight excluding hydrogens is 326 g/mol. The van der Waals surface area contributed by atoms with Gasteiger partial charge in [0, 0.05) is 13.0 Å². The van der Waals surface area contributed by atoms with Crippen LogP contribution in [0.15, 0.2) is 53.4 Å². The molecule has 1 aliphatic heterocycles. The third-order valence-corrected chi connectivity index (χ3v) is 6.18. The summed E-state index contributed by atoms with van der Waals surface area (Å²) in [5.74, 6) is -0.541. The van der Waals surface area contributed by atoms with E-state index in [1.165, 1.54) is 11.4 Å². The summed E-state index contributed by atoms with van der Waals surface area (Å²) in [6.45, 7) is 2.05. The highest BCUT2D eigenvalue weighted by Gasteiger charge is 2.40. The van der Waals surface area contributed by atoms with Crippen LogP contribution in [-0.2, 0) is 32.5 Å². The van der Waals surface area contributed by atoms with E-state index < -0.39 is 22.0 Å². The normalized spacial score (nSPS) is 18.0. The smallest absolute Gasteiger partial charge is 0.324 e. The van der Waals surface area contributed by atoms with E-state index in [9.17, 15) is 13.2 Å². The van der Waals surface area contributed by atoms with Gasteiger partial charge >= 0.3 is 5.97 Å². The number of rotatable bonds is 3. The molecule has 0 saturated carbocycles. The average molecular weight is 345 g/mol. The minimum Gasteiger partial charge on any atom is -0.468 e. The SMILES string of the molecule is COC(=O)[C@@H]1Cc2ccccc2CN1S(=O)(=O)c1ccc(C)cc1. The summed E-state index contributed by atoms with van der Waals surface area (Å²) in [4.78, 5) is 12.4. The molecule has 126 valence electrons. The van der Waals surface area contributed by atoms with Gasteiger partial charge in [0.15, 0.2) is 0 Å². The molecule has 0 radical (unpaired) electrons. The second-order valence-electron chi connectivity index (χ2n) is 5.88. The van der Waals surface area contributed by atoms with Crippen LogP contribution in [0.4, 0.5) is 0 Å². The molecule has 0 aromatic heterocycles. The van der Waals surface area contributed by atoms with Gasteiger partial charge in [-0.3, -0.25) is 4.79 Å². The van der Waals surface area contributed by atoms with Gasteiger partial charge in [0.2, 0.25) is 10.0 Å². The third kappa shape index (κ3) is 2.95. The minimum atomic E-state index is -3.79. The van der Waals surface area contributed by atoms with Crippen molar-refractivity contribution in [2.24, 2.45) is 0 Å². The molecule has 0 aliphatic carbocycles. The second-order valence-corrected chi connectivity index (χ2v) is 7.77. The summed E-state index contributed by atoms with van der Waals surface area (Å²) >= 11 is 0. The maximum atomic E-state index is 13.1. The predicted molar refractivity (Wildman–Crippen MR) is 89.9 cm³/mol. The highest BCUT2D eigenvalue weighted by molar-refractivity contribution is 7.89. The first-order chi connectivity index (χ1) is 11.4. The van der Waals surface area contributed by atoms with Crippen molar-refractivity contribution in [1.82, 2.24) is 4.31 Å². The van der Waals surface area contributed by atoms with Crippen LogP contribution in [0, 0.1) is 6.92 Å². The molecule has 0 N–H and O–H groups in total. The summed E-state index contributed by atoms with van der Waals surface area (Å²) in [6.07, 6.45) is 0.313. The zero-order chi connectivity index (χ0) is 17.3. The Morgan fingerprint density at radius 1 is 1.08 bits per heavy atom. The van der Waals surface area contributed by atoms with E-state index in [1.54, 1.807) is 24.3 Å². The molecule has 0 fully saturated rings. The summed E-state index contributed by atoms with van der Waals surface area (Å²) in [5.41, 5.74) is 2.86. The lowest BCUT2D eigenvalue weighted by Gasteiger charge is -2.34. The van der Waals surface area contributed by atoms with Gasteiger partial charge in [-0.1, -0.05) is 42.0 Å². The van der Waals surface area contributed by atoms with Gasteiger partial charge in [-0.05, 0) is 30.2 Å². The lowest BCUT2D eigenvalue weighted by atomic mass is 9.96. The summed E-state index contributed by atoms with van der Waals surface area (Å²) in [6, 6.07) is 13.3. The number of hydrogen-bond donors (Lipinski definition) is 0. The number of carbonyl (C=O) groups excluding carboxylic acids is 1. The van der Waals surface area contributed by atoms with Gasteiger partial charge in [-0.15, -0.1) is 0 Å². The number of sulfonamides is 1. The molecular formula is C18H19NO4S. The molecule has 0 saturated heterocycles. The Morgan fingerprint density at radius 2 is 1.71 bits per heavy atom. The number of nitrogens with zero attached hydrogens (tertiary/aromatic N) is 1. The zero-order valence-corrected chi connectivity index (χ0v) is 14.4. The average Bonchev–Trinajstić information content (AvgIpc) is 2.60. The van der Waals surface area contributed by atoms with E-state index in [2.05, 4.69) is 0 Å². The van der Waals surface area contributed by atoms with Gasteiger partial charge < -0.3 is 4.74 Å². The zero-order valence-electron chi connectivity index (χ0n) is 13.6. The molecule has 0 bridgehead atoms. The first kappa shape index (κ1) is 16.7. The van der Waals surface area contributed by atoms with Crippen molar-refractivity contribution < 1.29 is 17.9 Å². The van der Waals surface area contributed by atoms with E-state index in [0.717, 1.165) is 16.7 Å². The largest absolute Gasteiger partial charge is 0.468 e. The Balaban J connectivity index is 2.05. The van der Waals surface area contributed by atoms with Crippen LogP contribution < -0.4 is 0 Å². The number of methoxy groups -OCH3 is 1. The van der Waals surface area contributed by atoms with Gasteiger partial charge in [-0.25, -0.2) is 8.42 Å². The first-order valence-corrected chi connectivity index (χ1v) is 9.10. The second kappa shape index (κ2) is 6.37. The maximum Gasteiger partial charge on any atom is 0.324 e. The van der Waals surface area contributed by atoms with Crippen LogP contribution in [0.25, 0.3) is 0 Å². The standard InChI is InChI=1S/C18H19NO4S/c1-13-7-9-16(10-8-13)24(21,22)19-12-15-6-4-3-5-14(15)11-17(19)18(20)23-2/h3-10,17H,11-12H2,1-2H3/t17-/m0/s1. The van der Waals surface area contributed by atoms with E-state index in [1.807, 2.05) is 31.2 Å². The van der Waals surface area contributed by atoms with Crippen molar-refractivity contribution in [3.05, 3.63) is 65.2 Å². The fourth-order valence-corrected chi connectivity index (χ4v) is 4.49. The molecule has 24 heavy (non-hydrogen) atoms. The number of fused-ring (bicyclic) bond motifs is 1. The molecule has 2 aromatic rings. The minimum absolute atomic E-state index is 0.159.